The Balaban J connectivity index is 1.18. The summed E-state index contributed by atoms with van der Waals surface area (Å²) in [6.07, 6.45) is 12.0. The standard InChI is InChI=1S/C20H34N2O2S/c23-13-18-3-1-2-5-22(18)6-4-21-19(24)14-25-20-10-15-7-16(11-20)9-17(8-15)12-20/h15-18,23H,1-14H2,(H,21,24)/t15?,16?,17?,18-,20?/m1/s1. The second-order valence-electron chi connectivity index (χ2n) is 9.11. The molecule has 1 amide bonds. The van der Waals surface area contributed by atoms with Gasteiger partial charge in [0.15, 0.2) is 0 Å². The fraction of sp³-hybridized carbons (Fsp3) is 0.950. The molecule has 4 aliphatic carbocycles. The maximum absolute atomic E-state index is 12.3. The van der Waals surface area contributed by atoms with Crippen LogP contribution in [0.15, 0.2) is 0 Å². The molecule has 0 unspecified atom stereocenters. The molecule has 0 aromatic carbocycles. The van der Waals surface area contributed by atoms with E-state index in [9.17, 15) is 9.90 Å². The van der Waals surface area contributed by atoms with E-state index in [1.54, 1.807) is 0 Å². The van der Waals surface area contributed by atoms with E-state index in [2.05, 4.69) is 10.2 Å². The van der Waals surface area contributed by atoms with Crippen molar-refractivity contribution in [1.82, 2.24) is 10.2 Å². The Morgan fingerprint density at radius 3 is 2.44 bits per heavy atom. The maximum Gasteiger partial charge on any atom is 0.230 e. The summed E-state index contributed by atoms with van der Waals surface area (Å²) in [7, 11) is 0. The number of carbonyl (C=O) groups excluding carboxylic acids is 1. The van der Waals surface area contributed by atoms with E-state index in [4.69, 9.17) is 0 Å². The summed E-state index contributed by atoms with van der Waals surface area (Å²) in [5, 5.41) is 12.6. The highest BCUT2D eigenvalue weighted by atomic mass is 32.2. The highest BCUT2D eigenvalue weighted by Crippen LogP contribution is 2.60. The number of hydrogen-bond acceptors (Lipinski definition) is 4. The second-order valence-corrected chi connectivity index (χ2v) is 10.6. The van der Waals surface area contributed by atoms with Gasteiger partial charge in [-0.3, -0.25) is 9.69 Å². The number of nitrogens with one attached hydrogen (secondary N) is 1. The molecule has 0 aromatic heterocycles. The monoisotopic (exact) mass is 366 g/mol. The number of amides is 1. The second kappa shape index (κ2) is 7.77. The van der Waals surface area contributed by atoms with Gasteiger partial charge in [-0.25, -0.2) is 0 Å². The molecular weight excluding hydrogens is 332 g/mol. The summed E-state index contributed by atoms with van der Waals surface area (Å²) in [6, 6.07) is 0.298. The summed E-state index contributed by atoms with van der Waals surface area (Å²) in [5.41, 5.74) is 0. The molecule has 5 aliphatic rings. The highest BCUT2D eigenvalue weighted by Gasteiger charge is 2.51. The Kier molecular flexibility index (Phi) is 5.63. The molecule has 1 saturated heterocycles. The van der Waals surface area contributed by atoms with Crippen molar-refractivity contribution < 1.29 is 9.90 Å². The Morgan fingerprint density at radius 2 is 1.80 bits per heavy atom. The Labute approximate surface area is 156 Å². The van der Waals surface area contributed by atoms with E-state index in [1.807, 2.05) is 11.8 Å². The molecule has 1 heterocycles. The summed E-state index contributed by atoms with van der Waals surface area (Å²) >= 11 is 1.97. The zero-order chi connectivity index (χ0) is 17.3. The molecule has 2 N–H and O–H groups in total. The van der Waals surface area contributed by atoms with Crippen LogP contribution in [0.4, 0.5) is 0 Å². The lowest BCUT2D eigenvalue weighted by Gasteiger charge is -2.56. The number of piperidine rings is 1. The Hall–Kier alpha value is -0.260. The molecule has 0 radical (unpaired) electrons. The number of carbonyl (C=O) groups is 1. The molecule has 0 spiro atoms. The number of thioether (sulfide) groups is 1. The average Bonchev–Trinajstić information content (AvgIpc) is 2.59. The normalized spacial score (nSPS) is 40.4. The van der Waals surface area contributed by atoms with Gasteiger partial charge in [-0.15, -0.1) is 11.8 Å². The Morgan fingerprint density at radius 1 is 1.12 bits per heavy atom. The van der Waals surface area contributed by atoms with Crippen LogP contribution in [0.2, 0.25) is 0 Å². The van der Waals surface area contributed by atoms with Crippen molar-refractivity contribution in [1.29, 1.82) is 0 Å². The van der Waals surface area contributed by atoms with Crippen LogP contribution >= 0.6 is 11.8 Å². The number of aliphatic hydroxyl groups is 1. The van der Waals surface area contributed by atoms with Crippen molar-refractivity contribution in [3.05, 3.63) is 0 Å². The molecule has 0 aromatic rings. The largest absolute Gasteiger partial charge is 0.395 e. The number of nitrogens with zero attached hydrogens (tertiary/aromatic N) is 1. The predicted octanol–water partition coefficient (Wildman–Crippen LogP) is 2.65. The summed E-state index contributed by atoms with van der Waals surface area (Å²) in [5.74, 6) is 3.71. The smallest absolute Gasteiger partial charge is 0.230 e. The lowest BCUT2D eigenvalue weighted by atomic mass is 9.56. The van der Waals surface area contributed by atoms with Crippen LogP contribution in [-0.4, -0.2) is 58.7 Å². The molecule has 25 heavy (non-hydrogen) atoms. The van der Waals surface area contributed by atoms with Gasteiger partial charge >= 0.3 is 0 Å². The molecule has 1 atom stereocenters. The summed E-state index contributed by atoms with van der Waals surface area (Å²) in [6.45, 7) is 2.90. The fourth-order valence-corrected chi connectivity index (χ4v) is 7.98. The van der Waals surface area contributed by atoms with Crippen LogP contribution in [0.3, 0.4) is 0 Å². The van der Waals surface area contributed by atoms with Crippen LogP contribution in [-0.2, 0) is 4.79 Å². The van der Waals surface area contributed by atoms with E-state index in [1.165, 1.54) is 51.4 Å². The zero-order valence-corrected chi connectivity index (χ0v) is 16.2. The van der Waals surface area contributed by atoms with Crippen molar-refractivity contribution in [2.24, 2.45) is 17.8 Å². The first-order chi connectivity index (χ1) is 12.2. The molecule has 4 saturated carbocycles. The van der Waals surface area contributed by atoms with E-state index >= 15 is 0 Å². The Bertz CT molecular complexity index is 449. The zero-order valence-electron chi connectivity index (χ0n) is 15.4. The number of likely N-dealkylation sites (tertiary alicyclic amines) is 1. The van der Waals surface area contributed by atoms with Gasteiger partial charge in [0.05, 0.1) is 12.4 Å². The topological polar surface area (TPSA) is 52.6 Å². The van der Waals surface area contributed by atoms with Crippen molar-refractivity contribution in [3.8, 4) is 0 Å². The van der Waals surface area contributed by atoms with Gasteiger partial charge in [-0.05, 0) is 75.7 Å². The van der Waals surface area contributed by atoms with E-state index < -0.39 is 0 Å². The minimum Gasteiger partial charge on any atom is -0.395 e. The first-order valence-corrected chi connectivity index (χ1v) is 11.4. The van der Waals surface area contributed by atoms with Crippen LogP contribution in [0.25, 0.3) is 0 Å². The predicted molar refractivity (Wildman–Crippen MR) is 103 cm³/mol. The minimum absolute atomic E-state index is 0.207. The first kappa shape index (κ1) is 18.1. The molecule has 5 rings (SSSR count). The summed E-state index contributed by atoms with van der Waals surface area (Å²) in [4.78, 5) is 14.7. The number of aliphatic hydroxyl groups excluding tert-OH is 1. The minimum atomic E-state index is 0.207. The van der Waals surface area contributed by atoms with E-state index in [-0.39, 0.29) is 12.5 Å². The van der Waals surface area contributed by atoms with Crippen molar-refractivity contribution in [2.45, 2.75) is 68.6 Å². The number of rotatable bonds is 7. The maximum atomic E-state index is 12.3. The lowest BCUT2D eigenvalue weighted by molar-refractivity contribution is -0.118. The first-order valence-electron chi connectivity index (χ1n) is 10.4. The van der Waals surface area contributed by atoms with Gasteiger partial charge in [0.1, 0.15) is 0 Å². The van der Waals surface area contributed by atoms with Crippen LogP contribution in [0, 0.1) is 17.8 Å². The van der Waals surface area contributed by atoms with Crippen LogP contribution in [0.5, 0.6) is 0 Å². The molecule has 4 nitrogen and oxygen atoms in total. The molecule has 142 valence electrons. The third-order valence-electron chi connectivity index (χ3n) is 7.17. The SMILES string of the molecule is O=C(CSC12CC3CC(CC(C3)C1)C2)NCCN1CCCC[C@@H]1CO. The molecular formula is C20H34N2O2S. The van der Waals surface area contributed by atoms with Gasteiger partial charge < -0.3 is 10.4 Å². The third kappa shape index (κ3) is 4.19. The van der Waals surface area contributed by atoms with Gasteiger partial charge in [-0.1, -0.05) is 6.42 Å². The lowest BCUT2D eigenvalue weighted by Crippen LogP contribution is -2.49. The summed E-state index contributed by atoms with van der Waals surface area (Å²) < 4.78 is 0.431. The van der Waals surface area contributed by atoms with Crippen molar-refractivity contribution in [3.63, 3.8) is 0 Å². The van der Waals surface area contributed by atoms with E-state index in [0.29, 0.717) is 16.5 Å². The fourth-order valence-electron chi connectivity index (χ4n) is 6.38. The van der Waals surface area contributed by atoms with Crippen molar-refractivity contribution in [2.75, 3.05) is 32.0 Å². The van der Waals surface area contributed by atoms with Gasteiger partial charge in [0.25, 0.3) is 0 Å². The molecule has 4 bridgehead atoms. The quantitative estimate of drug-likeness (QED) is 0.727. The average molecular weight is 367 g/mol. The third-order valence-corrected chi connectivity index (χ3v) is 8.69. The molecule has 1 aliphatic heterocycles. The number of hydrogen-bond donors (Lipinski definition) is 2. The molecule has 5 fully saturated rings. The van der Waals surface area contributed by atoms with Gasteiger partial charge in [-0.2, -0.15) is 0 Å². The van der Waals surface area contributed by atoms with Crippen molar-refractivity contribution >= 4 is 17.7 Å². The van der Waals surface area contributed by atoms with Gasteiger partial charge in [0, 0.05) is 23.9 Å². The van der Waals surface area contributed by atoms with Crippen LogP contribution < -0.4 is 5.32 Å². The van der Waals surface area contributed by atoms with E-state index in [0.717, 1.165) is 43.8 Å². The van der Waals surface area contributed by atoms with Gasteiger partial charge in [0.2, 0.25) is 5.91 Å². The highest BCUT2D eigenvalue weighted by molar-refractivity contribution is 8.01. The molecule has 5 heteroatoms. The van der Waals surface area contributed by atoms with Crippen LogP contribution in [0.1, 0.15) is 57.8 Å².